The van der Waals surface area contributed by atoms with Gasteiger partial charge in [0.05, 0.1) is 10.9 Å². The maximum absolute atomic E-state index is 13.3. The van der Waals surface area contributed by atoms with Crippen LogP contribution in [0.3, 0.4) is 0 Å². The molecule has 140 valence electrons. The molecule has 3 aromatic rings. The van der Waals surface area contributed by atoms with Gasteiger partial charge in [-0.05, 0) is 53.8 Å². The van der Waals surface area contributed by atoms with E-state index in [-0.39, 0.29) is 16.3 Å². The average Bonchev–Trinajstić information content (AvgIpc) is 3.14. The number of hydrogen-bond donors (Lipinski definition) is 2. The van der Waals surface area contributed by atoms with E-state index in [1.807, 2.05) is 17.5 Å². The summed E-state index contributed by atoms with van der Waals surface area (Å²) >= 11 is 1.45. The summed E-state index contributed by atoms with van der Waals surface area (Å²) in [6.45, 7) is 1.71. The van der Waals surface area contributed by atoms with E-state index in [1.54, 1.807) is 19.1 Å². The molecule has 1 unspecified atom stereocenters. The molecule has 1 aromatic heterocycles. The van der Waals surface area contributed by atoms with Crippen LogP contribution in [0.5, 0.6) is 0 Å². The second-order valence-electron chi connectivity index (χ2n) is 6.00. The van der Waals surface area contributed by atoms with Gasteiger partial charge in [0.1, 0.15) is 5.82 Å². The number of carbonyl (C=O) groups excluding carboxylic acids is 1. The molecular weight excluding hydrogens is 387 g/mol. The van der Waals surface area contributed by atoms with Crippen LogP contribution in [0, 0.1) is 12.7 Å². The second kappa shape index (κ2) is 7.59. The minimum atomic E-state index is -3.92. The van der Waals surface area contributed by atoms with Gasteiger partial charge in [0.2, 0.25) is 10.0 Å². The molecule has 3 N–H and O–H groups in total. The number of benzene rings is 2. The van der Waals surface area contributed by atoms with Crippen LogP contribution in [0.25, 0.3) is 0 Å². The standard InChI is InChI=1S/C19H17FN2O3S2/c1-12-4-9-15(27(21,24)25)11-16(12)19(23)22-18(17-3-2-10-26-17)13-5-7-14(20)8-6-13/h2-11,18H,1H3,(H,22,23)(H2,21,24,25). The average molecular weight is 404 g/mol. The lowest BCUT2D eigenvalue weighted by molar-refractivity contribution is 0.0942. The van der Waals surface area contributed by atoms with Crippen LogP contribution >= 0.6 is 11.3 Å². The van der Waals surface area contributed by atoms with Gasteiger partial charge in [-0.3, -0.25) is 4.79 Å². The lowest BCUT2D eigenvalue weighted by Crippen LogP contribution is -2.29. The van der Waals surface area contributed by atoms with Crippen LogP contribution in [-0.2, 0) is 10.0 Å². The fraction of sp³-hybridized carbons (Fsp3) is 0.105. The fourth-order valence-corrected chi connectivity index (χ4v) is 4.00. The van der Waals surface area contributed by atoms with E-state index in [1.165, 1.54) is 41.7 Å². The molecule has 0 aliphatic rings. The summed E-state index contributed by atoms with van der Waals surface area (Å²) in [4.78, 5) is 13.6. The van der Waals surface area contributed by atoms with Gasteiger partial charge in [-0.25, -0.2) is 17.9 Å². The van der Waals surface area contributed by atoms with Gasteiger partial charge >= 0.3 is 0 Å². The molecule has 0 saturated carbocycles. The van der Waals surface area contributed by atoms with E-state index in [2.05, 4.69) is 5.32 Å². The quantitative estimate of drug-likeness (QED) is 0.683. The Bertz CT molecular complexity index is 1060. The third-order valence-electron chi connectivity index (χ3n) is 4.09. The first-order valence-corrected chi connectivity index (χ1v) is 10.4. The van der Waals surface area contributed by atoms with Gasteiger partial charge in [0, 0.05) is 10.4 Å². The zero-order valence-corrected chi connectivity index (χ0v) is 16.0. The molecule has 0 saturated heterocycles. The maximum Gasteiger partial charge on any atom is 0.252 e. The van der Waals surface area contributed by atoms with E-state index in [0.717, 1.165) is 4.88 Å². The summed E-state index contributed by atoms with van der Waals surface area (Å²) in [5.41, 5.74) is 1.54. The zero-order valence-electron chi connectivity index (χ0n) is 14.3. The van der Waals surface area contributed by atoms with Crippen molar-refractivity contribution in [2.75, 3.05) is 0 Å². The molecule has 1 heterocycles. The topological polar surface area (TPSA) is 89.3 Å². The van der Waals surface area contributed by atoms with Gasteiger partial charge in [-0.2, -0.15) is 0 Å². The summed E-state index contributed by atoms with van der Waals surface area (Å²) in [5.74, 6) is -0.813. The number of sulfonamides is 1. The summed E-state index contributed by atoms with van der Waals surface area (Å²) in [7, 11) is -3.92. The van der Waals surface area contributed by atoms with Crippen LogP contribution in [-0.4, -0.2) is 14.3 Å². The van der Waals surface area contributed by atoms with Gasteiger partial charge in [0.15, 0.2) is 0 Å². The third kappa shape index (κ3) is 4.41. The summed E-state index contributed by atoms with van der Waals surface area (Å²) in [6, 6.07) is 13.3. The van der Waals surface area contributed by atoms with E-state index < -0.39 is 22.0 Å². The Hall–Kier alpha value is -2.55. The normalized spacial score (nSPS) is 12.6. The summed E-state index contributed by atoms with van der Waals surface area (Å²) in [6.07, 6.45) is 0. The molecular formula is C19H17FN2O3S2. The summed E-state index contributed by atoms with van der Waals surface area (Å²) < 4.78 is 36.5. The van der Waals surface area contributed by atoms with Gasteiger partial charge in [-0.1, -0.05) is 24.3 Å². The van der Waals surface area contributed by atoms with Crippen molar-refractivity contribution in [1.29, 1.82) is 0 Å². The van der Waals surface area contributed by atoms with E-state index in [0.29, 0.717) is 11.1 Å². The number of thiophene rings is 1. The van der Waals surface area contributed by atoms with Crippen molar-refractivity contribution in [1.82, 2.24) is 5.32 Å². The highest BCUT2D eigenvalue weighted by atomic mass is 32.2. The Labute approximate surface area is 160 Å². The lowest BCUT2D eigenvalue weighted by Gasteiger charge is -2.19. The fourth-order valence-electron chi connectivity index (χ4n) is 2.66. The minimum absolute atomic E-state index is 0.132. The molecule has 0 radical (unpaired) electrons. The largest absolute Gasteiger partial charge is 0.340 e. The molecule has 3 rings (SSSR count). The first-order valence-electron chi connectivity index (χ1n) is 7.99. The predicted octanol–water partition coefficient (Wildman–Crippen LogP) is 3.36. The molecule has 27 heavy (non-hydrogen) atoms. The number of hydrogen-bond acceptors (Lipinski definition) is 4. The van der Waals surface area contributed by atoms with Crippen molar-refractivity contribution in [3.8, 4) is 0 Å². The van der Waals surface area contributed by atoms with Crippen LogP contribution in [0.4, 0.5) is 4.39 Å². The van der Waals surface area contributed by atoms with E-state index in [4.69, 9.17) is 5.14 Å². The predicted molar refractivity (Wildman–Crippen MR) is 103 cm³/mol. The number of rotatable bonds is 5. The van der Waals surface area contributed by atoms with Gasteiger partial charge in [0.25, 0.3) is 5.91 Å². The highest BCUT2D eigenvalue weighted by Crippen LogP contribution is 2.27. The number of primary sulfonamides is 1. The number of nitrogens with one attached hydrogen (secondary N) is 1. The van der Waals surface area contributed by atoms with Gasteiger partial charge < -0.3 is 5.32 Å². The Morgan fingerprint density at radius 1 is 1.15 bits per heavy atom. The Morgan fingerprint density at radius 3 is 2.44 bits per heavy atom. The van der Waals surface area contributed by atoms with Crippen LogP contribution in [0.2, 0.25) is 0 Å². The number of carbonyl (C=O) groups is 1. The van der Waals surface area contributed by atoms with Crippen LogP contribution in [0.1, 0.15) is 32.4 Å². The molecule has 1 amide bonds. The van der Waals surface area contributed by atoms with Gasteiger partial charge in [-0.15, -0.1) is 11.3 Å². The molecule has 0 bridgehead atoms. The molecule has 1 atom stereocenters. The minimum Gasteiger partial charge on any atom is -0.340 e. The highest BCUT2D eigenvalue weighted by molar-refractivity contribution is 7.89. The smallest absolute Gasteiger partial charge is 0.252 e. The zero-order chi connectivity index (χ0) is 19.6. The molecule has 0 aliphatic carbocycles. The number of halogens is 1. The number of nitrogens with two attached hydrogens (primary N) is 1. The summed E-state index contributed by atoms with van der Waals surface area (Å²) in [5, 5.41) is 9.95. The Morgan fingerprint density at radius 2 is 1.85 bits per heavy atom. The molecule has 8 heteroatoms. The number of amides is 1. The first-order chi connectivity index (χ1) is 12.8. The van der Waals surface area contributed by atoms with Crippen molar-refractivity contribution in [2.24, 2.45) is 5.14 Å². The van der Waals surface area contributed by atoms with Crippen LogP contribution in [0.15, 0.2) is 64.9 Å². The Kier molecular flexibility index (Phi) is 5.41. The second-order valence-corrected chi connectivity index (χ2v) is 8.54. The first kappa shape index (κ1) is 19.2. The monoisotopic (exact) mass is 404 g/mol. The van der Waals surface area contributed by atoms with Crippen molar-refractivity contribution in [3.05, 3.63) is 87.4 Å². The molecule has 0 fully saturated rings. The van der Waals surface area contributed by atoms with E-state index >= 15 is 0 Å². The molecule has 0 aliphatic heterocycles. The van der Waals surface area contributed by atoms with Crippen molar-refractivity contribution in [2.45, 2.75) is 17.9 Å². The SMILES string of the molecule is Cc1ccc(S(N)(=O)=O)cc1C(=O)NC(c1ccc(F)cc1)c1cccs1. The molecule has 0 spiro atoms. The number of aryl methyl sites for hydroxylation is 1. The van der Waals surface area contributed by atoms with Crippen molar-refractivity contribution >= 4 is 27.3 Å². The lowest BCUT2D eigenvalue weighted by atomic mass is 10.0. The van der Waals surface area contributed by atoms with Crippen LogP contribution < -0.4 is 10.5 Å². The Balaban J connectivity index is 1.97. The highest BCUT2D eigenvalue weighted by Gasteiger charge is 2.21. The van der Waals surface area contributed by atoms with Crippen molar-refractivity contribution < 1.29 is 17.6 Å². The molecule has 2 aromatic carbocycles. The van der Waals surface area contributed by atoms with Crippen molar-refractivity contribution in [3.63, 3.8) is 0 Å². The van der Waals surface area contributed by atoms with E-state index in [9.17, 15) is 17.6 Å². The molecule has 5 nitrogen and oxygen atoms in total. The maximum atomic E-state index is 13.3. The third-order valence-corrected chi connectivity index (χ3v) is 5.94.